The Morgan fingerprint density at radius 1 is 0.848 bits per heavy atom. The first-order chi connectivity index (χ1) is 15.7. The van der Waals surface area contributed by atoms with E-state index < -0.39 is 11.8 Å². The van der Waals surface area contributed by atoms with Crippen molar-refractivity contribution in [3.05, 3.63) is 97.7 Å². The van der Waals surface area contributed by atoms with Gasteiger partial charge in [-0.15, -0.1) is 0 Å². The van der Waals surface area contributed by atoms with Gasteiger partial charge in [0.2, 0.25) is 0 Å². The van der Waals surface area contributed by atoms with E-state index in [2.05, 4.69) is 33.2 Å². The monoisotopic (exact) mass is 571 g/mol. The molecule has 4 rings (SSSR count). The fraction of sp³-hybridized carbons (Fsp3) is 0.0800. The maximum atomic E-state index is 13.0. The van der Waals surface area contributed by atoms with Gasteiger partial charge in [0.25, 0.3) is 17.7 Å². The van der Waals surface area contributed by atoms with Crippen LogP contribution < -0.4 is 15.5 Å². The summed E-state index contributed by atoms with van der Waals surface area (Å²) in [4.78, 5) is 39.2. The number of rotatable bonds is 5. The lowest BCUT2D eigenvalue weighted by Crippen LogP contribution is -2.32. The predicted molar refractivity (Wildman–Crippen MR) is 138 cm³/mol. The van der Waals surface area contributed by atoms with Crippen LogP contribution in [0.4, 0.5) is 17.1 Å². The smallest absolute Gasteiger partial charge is 0.283 e. The first-order valence-corrected chi connectivity index (χ1v) is 11.5. The molecule has 1 aliphatic heterocycles. The SMILES string of the molecule is Cc1ccc(N2C(=O)C(Cl)=C(Nc3ccc(C(=O)Nc4ccc(I)cc4)cc3)C2=O)cc1C. The average molecular weight is 572 g/mol. The number of nitrogens with one attached hydrogen (secondary N) is 2. The number of carbonyl (C=O) groups excluding carboxylic acids is 3. The topological polar surface area (TPSA) is 78.5 Å². The van der Waals surface area contributed by atoms with E-state index in [1.807, 2.05) is 44.2 Å². The summed E-state index contributed by atoms with van der Waals surface area (Å²) in [6.07, 6.45) is 0. The molecule has 0 aromatic heterocycles. The Labute approximate surface area is 209 Å². The summed E-state index contributed by atoms with van der Waals surface area (Å²) in [6.45, 7) is 3.86. The van der Waals surface area contributed by atoms with Crippen LogP contribution in [0.3, 0.4) is 0 Å². The number of hydrogen-bond acceptors (Lipinski definition) is 4. The third kappa shape index (κ3) is 4.79. The molecule has 0 saturated heterocycles. The number of carbonyl (C=O) groups is 3. The third-order valence-corrected chi connectivity index (χ3v) is 6.36. The summed E-state index contributed by atoms with van der Waals surface area (Å²) in [5.41, 5.74) is 4.15. The summed E-state index contributed by atoms with van der Waals surface area (Å²) in [5.74, 6) is -1.37. The summed E-state index contributed by atoms with van der Waals surface area (Å²) in [6, 6.07) is 19.4. The maximum Gasteiger partial charge on any atom is 0.283 e. The highest BCUT2D eigenvalue weighted by molar-refractivity contribution is 14.1. The molecule has 1 aliphatic rings. The van der Waals surface area contributed by atoms with E-state index in [9.17, 15) is 14.4 Å². The van der Waals surface area contributed by atoms with Crippen molar-refractivity contribution in [3.63, 3.8) is 0 Å². The molecule has 0 saturated carbocycles. The zero-order valence-electron chi connectivity index (χ0n) is 17.8. The molecule has 0 unspecified atom stereocenters. The largest absolute Gasteiger partial charge is 0.350 e. The van der Waals surface area contributed by atoms with Gasteiger partial charge in [-0.3, -0.25) is 14.4 Å². The fourth-order valence-corrected chi connectivity index (χ4v) is 3.87. The lowest BCUT2D eigenvalue weighted by Gasteiger charge is -2.16. The summed E-state index contributed by atoms with van der Waals surface area (Å²) in [5, 5.41) is 5.57. The van der Waals surface area contributed by atoms with Gasteiger partial charge in [-0.1, -0.05) is 17.7 Å². The van der Waals surface area contributed by atoms with Crippen molar-refractivity contribution in [3.8, 4) is 0 Å². The number of benzene rings is 3. The molecule has 33 heavy (non-hydrogen) atoms. The van der Waals surface area contributed by atoms with Gasteiger partial charge < -0.3 is 10.6 Å². The highest BCUT2D eigenvalue weighted by atomic mass is 127. The van der Waals surface area contributed by atoms with Crippen LogP contribution in [0.1, 0.15) is 21.5 Å². The molecule has 1 heterocycles. The minimum absolute atomic E-state index is 0.00372. The molecule has 0 atom stereocenters. The summed E-state index contributed by atoms with van der Waals surface area (Å²) < 4.78 is 1.07. The van der Waals surface area contributed by atoms with Gasteiger partial charge in [0.1, 0.15) is 10.7 Å². The Morgan fingerprint density at radius 2 is 1.48 bits per heavy atom. The van der Waals surface area contributed by atoms with Crippen LogP contribution in [0.5, 0.6) is 0 Å². The van der Waals surface area contributed by atoms with Gasteiger partial charge in [0.15, 0.2) is 0 Å². The van der Waals surface area contributed by atoms with Crippen LogP contribution in [-0.2, 0) is 9.59 Å². The number of amides is 3. The van der Waals surface area contributed by atoms with Crippen LogP contribution in [0.2, 0.25) is 0 Å². The Balaban J connectivity index is 1.48. The molecular weight excluding hydrogens is 553 g/mol. The van der Waals surface area contributed by atoms with Gasteiger partial charge in [0, 0.05) is 20.5 Å². The quantitative estimate of drug-likeness (QED) is 0.309. The van der Waals surface area contributed by atoms with Crippen LogP contribution in [0.15, 0.2) is 77.5 Å². The summed E-state index contributed by atoms with van der Waals surface area (Å²) >= 11 is 8.41. The lowest BCUT2D eigenvalue weighted by atomic mass is 10.1. The lowest BCUT2D eigenvalue weighted by molar-refractivity contribution is -0.120. The molecule has 0 radical (unpaired) electrons. The fourth-order valence-electron chi connectivity index (χ4n) is 3.30. The highest BCUT2D eigenvalue weighted by Crippen LogP contribution is 2.31. The van der Waals surface area contributed by atoms with Crippen molar-refractivity contribution in [2.24, 2.45) is 0 Å². The standard InChI is InChI=1S/C25H19ClIN3O3/c1-14-3-12-20(13-15(14)2)30-24(32)21(26)22(25(30)33)28-18-8-4-16(5-9-18)23(31)29-19-10-6-17(27)7-11-19/h3-13,28H,1-2H3,(H,29,31). The van der Waals surface area contributed by atoms with Gasteiger partial charge in [-0.05, 0) is 108 Å². The van der Waals surface area contributed by atoms with Crippen LogP contribution in [0.25, 0.3) is 0 Å². The third-order valence-electron chi connectivity index (χ3n) is 5.29. The first-order valence-electron chi connectivity index (χ1n) is 10.0. The van der Waals surface area contributed by atoms with Gasteiger partial charge in [-0.25, -0.2) is 4.90 Å². The van der Waals surface area contributed by atoms with E-state index in [1.165, 1.54) is 0 Å². The number of aryl methyl sites for hydroxylation is 2. The molecule has 0 aliphatic carbocycles. The molecule has 166 valence electrons. The van der Waals surface area contributed by atoms with E-state index >= 15 is 0 Å². The van der Waals surface area contributed by atoms with E-state index in [0.29, 0.717) is 22.6 Å². The van der Waals surface area contributed by atoms with Gasteiger partial charge in [-0.2, -0.15) is 0 Å². The average Bonchev–Trinajstić information content (AvgIpc) is 3.01. The zero-order chi connectivity index (χ0) is 23.7. The zero-order valence-corrected chi connectivity index (χ0v) is 20.7. The number of nitrogens with zero attached hydrogens (tertiary/aromatic N) is 1. The van der Waals surface area contributed by atoms with E-state index in [1.54, 1.807) is 36.4 Å². The van der Waals surface area contributed by atoms with Crippen molar-refractivity contribution >= 4 is 69.0 Å². The van der Waals surface area contributed by atoms with E-state index in [-0.39, 0.29) is 16.6 Å². The molecule has 0 bridgehead atoms. The molecule has 3 aromatic carbocycles. The molecular formula is C25H19ClIN3O3. The highest BCUT2D eigenvalue weighted by Gasteiger charge is 2.39. The molecule has 0 spiro atoms. The maximum absolute atomic E-state index is 13.0. The predicted octanol–water partition coefficient (Wildman–Crippen LogP) is 5.60. The number of imide groups is 1. The second kappa shape index (κ2) is 9.36. The second-order valence-electron chi connectivity index (χ2n) is 7.57. The normalized spacial score (nSPS) is 13.5. The van der Waals surface area contributed by atoms with Crippen LogP contribution in [0, 0.1) is 17.4 Å². The molecule has 3 amide bonds. The van der Waals surface area contributed by atoms with Crippen molar-refractivity contribution in [2.45, 2.75) is 13.8 Å². The van der Waals surface area contributed by atoms with Crippen molar-refractivity contribution in [2.75, 3.05) is 15.5 Å². The van der Waals surface area contributed by atoms with Gasteiger partial charge >= 0.3 is 0 Å². The van der Waals surface area contributed by atoms with Crippen molar-refractivity contribution in [1.29, 1.82) is 0 Å². The van der Waals surface area contributed by atoms with E-state index in [0.717, 1.165) is 19.6 Å². The molecule has 2 N–H and O–H groups in total. The second-order valence-corrected chi connectivity index (χ2v) is 9.19. The molecule has 8 heteroatoms. The Kier molecular flexibility index (Phi) is 6.53. The van der Waals surface area contributed by atoms with Gasteiger partial charge in [0.05, 0.1) is 5.69 Å². The van der Waals surface area contributed by atoms with Crippen LogP contribution in [-0.4, -0.2) is 17.7 Å². The van der Waals surface area contributed by atoms with Crippen molar-refractivity contribution in [1.82, 2.24) is 0 Å². The minimum Gasteiger partial charge on any atom is -0.350 e. The van der Waals surface area contributed by atoms with Crippen molar-refractivity contribution < 1.29 is 14.4 Å². The number of halogens is 2. The number of anilines is 3. The first kappa shape index (κ1) is 23.0. The Morgan fingerprint density at radius 3 is 2.12 bits per heavy atom. The molecule has 3 aromatic rings. The molecule has 0 fully saturated rings. The number of hydrogen-bond donors (Lipinski definition) is 2. The summed E-state index contributed by atoms with van der Waals surface area (Å²) in [7, 11) is 0. The Bertz CT molecular complexity index is 1300. The van der Waals surface area contributed by atoms with Crippen LogP contribution >= 0.6 is 34.2 Å². The Hall–Kier alpha value is -3.17. The van der Waals surface area contributed by atoms with E-state index in [4.69, 9.17) is 11.6 Å². The molecule has 6 nitrogen and oxygen atoms in total. The minimum atomic E-state index is -0.582.